The Morgan fingerprint density at radius 1 is 1.16 bits per heavy atom. The van der Waals surface area contributed by atoms with Crippen molar-refractivity contribution in [3.05, 3.63) is 52.3 Å². The summed E-state index contributed by atoms with van der Waals surface area (Å²) in [6, 6.07) is 5.89. The first-order chi connectivity index (χ1) is 17.6. The molecule has 2 unspecified atom stereocenters. The smallest absolute Gasteiger partial charge is 0.407 e. The van der Waals surface area contributed by atoms with E-state index >= 15 is 0 Å². The summed E-state index contributed by atoms with van der Waals surface area (Å²) in [7, 11) is 1.80. The second-order valence-corrected chi connectivity index (χ2v) is 9.96. The van der Waals surface area contributed by atoms with Crippen molar-refractivity contribution < 1.29 is 22.7 Å². The molecule has 198 valence electrons. The normalized spacial score (nSPS) is 21.6. The van der Waals surface area contributed by atoms with E-state index in [-0.39, 0.29) is 29.8 Å². The van der Waals surface area contributed by atoms with Crippen molar-refractivity contribution in [2.24, 2.45) is 0 Å². The topological polar surface area (TPSA) is 75.0 Å². The van der Waals surface area contributed by atoms with Gasteiger partial charge in [0.05, 0.1) is 17.3 Å². The van der Waals surface area contributed by atoms with E-state index < -0.39 is 18.8 Å². The van der Waals surface area contributed by atoms with E-state index in [0.29, 0.717) is 41.7 Å². The zero-order valence-corrected chi connectivity index (χ0v) is 21.3. The molecule has 2 atom stereocenters. The maximum absolute atomic E-state index is 13.8. The van der Waals surface area contributed by atoms with Gasteiger partial charge in [0.25, 0.3) is 5.91 Å². The van der Waals surface area contributed by atoms with Crippen molar-refractivity contribution in [2.75, 3.05) is 38.2 Å². The van der Waals surface area contributed by atoms with Crippen LogP contribution in [0.2, 0.25) is 5.02 Å². The standard InChI is InChI=1S/C25H28ClF3N6O2/c1-15-11-23-33(2)10-8-30-21(25(27,28)29)14-37-20-7-6-16(26)12-17(20)24(36)34-9-4-3-5-19(34)18-13-22(31-15)35(23)32-18/h6-7,11-13,19,21,30H,3-5,8-10,14H2,1-2H3. The molecule has 5 rings (SSSR count). The lowest BCUT2D eigenvalue weighted by Gasteiger charge is -2.35. The molecule has 1 fully saturated rings. The van der Waals surface area contributed by atoms with Gasteiger partial charge in [0.2, 0.25) is 0 Å². The molecule has 1 aromatic carbocycles. The highest BCUT2D eigenvalue weighted by Gasteiger charge is 2.40. The number of nitrogens with zero attached hydrogens (tertiary/aromatic N) is 5. The first-order valence-corrected chi connectivity index (χ1v) is 12.6. The lowest BCUT2D eigenvalue weighted by Crippen LogP contribution is -2.48. The molecule has 0 saturated carbocycles. The fourth-order valence-corrected chi connectivity index (χ4v) is 5.10. The van der Waals surface area contributed by atoms with Gasteiger partial charge in [-0.3, -0.25) is 4.79 Å². The molecular weight excluding hydrogens is 509 g/mol. The molecule has 0 radical (unpaired) electrons. The van der Waals surface area contributed by atoms with Gasteiger partial charge in [-0.15, -0.1) is 0 Å². The average Bonchev–Trinajstić information content (AvgIpc) is 3.28. The number of alkyl halides is 3. The summed E-state index contributed by atoms with van der Waals surface area (Å²) in [5, 5.41) is 7.68. The molecule has 0 spiro atoms. The highest BCUT2D eigenvalue weighted by Crippen LogP contribution is 2.35. The van der Waals surface area contributed by atoms with E-state index in [2.05, 4.69) is 10.3 Å². The quantitative estimate of drug-likeness (QED) is 0.459. The van der Waals surface area contributed by atoms with E-state index in [1.165, 1.54) is 18.2 Å². The van der Waals surface area contributed by atoms with Crippen LogP contribution >= 0.6 is 11.6 Å². The van der Waals surface area contributed by atoms with Gasteiger partial charge in [-0.2, -0.15) is 22.8 Å². The van der Waals surface area contributed by atoms with Crippen molar-refractivity contribution in [3.8, 4) is 5.75 Å². The fourth-order valence-electron chi connectivity index (χ4n) is 4.93. The number of aryl methyl sites for hydroxylation is 1. The summed E-state index contributed by atoms with van der Waals surface area (Å²) in [4.78, 5) is 22.0. The summed E-state index contributed by atoms with van der Waals surface area (Å²) in [6.45, 7) is 2.00. The Morgan fingerprint density at radius 2 is 1.97 bits per heavy atom. The predicted octanol–water partition coefficient (Wildman–Crippen LogP) is 4.41. The van der Waals surface area contributed by atoms with Crippen LogP contribution in [0, 0.1) is 6.92 Å². The molecule has 2 aliphatic heterocycles. The summed E-state index contributed by atoms with van der Waals surface area (Å²) in [5.74, 6) is 0.409. The first kappa shape index (κ1) is 25.6. The van der Waals surface area contributed by atoms with Crippen LogP contribution in [0.1, 0.15) is 47.1 Å². The van der Waals surface area contributed by atoms with Crippen molar-refractivity contribution in [3.63, 3.8) is 0 Å². The molecular formula is C25H28ClF3N6O2. The van der Waals surface area contributed by atoms with E-state index in [9.17, 15) is 18.0 Å². The second kappa shape index (κ2) is 10.0. The Morgan fingerprint density at radius 3 is 2.76 bits per heavy atom. The average molecular weight is 537 g/mol. The number of fused-ring (bicyclic) bond motifs is 4. The van der Waals surface area contributed by atoms with Gasteiger partial charge in [0.1, 0.15) is 24.2 Å². The Balaban J connectivity index is 1.63. The number of carbonyl (C=O) groups is 1. The molecule has 2 aliphatic rings. The number of amides is 1. The predicted molar refractivity (Wildman–Crippen MR) is 133 cm³/mol. The maximum Gasteiger partial charge on any atom is 0.407 e. The van der Waals surface area contributed by atoms with E-state index in [0.717, 1.165) is 18.5 Å². The Kier molecular flexibility index (Phi) is 6.93. The number of aromatic nitrogens is 3. The van der Waals surface area contributed by atoms with Gasteiger partial charge in [-0.1, -0.05) is 11.6 Å². The molecule has 12 heteroatoms. The van der Waals surface area contributed by atoms with E-state index in [1.54, 1.807) is 16.5 Å². The Bertz CT molecular complexity index is 1310. The second-order valence-electron chi connectivity index (χ2n) is 9.53. The molecule has 4 heterocycles. The number of halogens is 4. The highest BCUT2D eigenvalue weighted by atomic mass is 35.5. The van der Waals surface area contributed by atoms with Gasteiger partial charge in [0, 0.05) is 49.5 Å². The number of piperidine rings is 1. The van der Waals surface area contributed by atoms with E-state index in [1.807, 2.05) is 24.0 Å². The minimum Gasteiger partial charge on any atom is -0.491 e. The number of hydrogen-bond acceptors (Lipinski definition) is 6. The summed E-state index contributed by atoms with van der Waals surface area (Å²) in [6.07, 6.45) is -2.12. The Hall–Kier alpha value is -3.05. The van der Waals surface area contributed by atoms with Gasteiger partial charge in [-0.05, 0) is 44.4 Å². The maximum atomic E-state index is 13.8. The number of rotatable bonds is 0. The molecule has 0 aliphatic carbocycles. The van der Waals surface area contributed by atoms with Crippen LogP contribution in [0.15, 0.2) is 30.3 Å². The van der Waals surface area contributed by atoms with Crippen LogP contribution in [-0.4, -0.2) is 70.9 Å². The number of anilines is 1. The highest BCUT2D eigenvalue weighted by molar-refractivity contribution is 6.31. The van der Waals surface area contributed by atoms with Crippen LogP contribution in [0.25, 0.3) is 5.65 Å². The molecule has 2 bridgehead atoms. The number of ether oxygens (including phenoxy) is 1. The molecule has 1 saturated heterocycles. The zero-order valence-electron chi connectivity index (χ0n) is 20.6. The van der Waals surface area contributed by atoms with E-state index in [4.69, 9.17) is 21.4 Å². The van der Waals surface area contributed by atoms with Crippen LogP contribution in [0.5, 0.6) is 5.75 Å². The van der Waals surface area contributed by atoms with Gasteiger partial charge in [-0.25, -0.2) is 4.98 Å². The minimum atomic E-state index is -4.55. The number of carbonyl (C=O) groups excluding carboxylic acids is 1. The largest absolute Gasteiger partial charge is 0.491 e. The van der Waals surface area contributed by atoms with Crippen LogP contribution in [0.3, 0.4) is 0 Å². The fraction of sp³-hybridized carbons (Fsp3) is 0.480. The molecule has 2 aromatic heterocycles. The number of nitrogens with one attached hydrogen (secondary N) is 1. The van der Waals surface area contributed by atoms with Crippen molar-refractivity contribution in [2.45, 2.75) is 44.4 Å². The third-order valence-corrected chi connectivity index (χ3v) is 7.10. The molecule has 1 amide bonds. The van der Waals surface area contributed by atoms with Gasteiger partial charge < -0.3 is 19.9 Å². The third-order valence-electron chi connectivity index (χ3n) is 6.86. The van der Waals surface area contributed by atoms with Crippen molar-refractivity contribution in [1.29, 1.82) is 0 Å². The lowest BCUT2D eigenvalue weighted by molar-refractivity contribution is -0.161. The molecule has 3 aromatic rings. The lowest BCUT2D eigenvalue weighted by atomic mass is 9.98. The third kappa shape index (κ3) is 5.19. The van der Waals surface area contributed by atoms with Gasteiger partial charge >= 0.3 is 6.18 Å². The molecule has 8 nitrogen and oxygen atoms in total. The number of benzene rings is 1. The zero-order chi connectivity index (χ0) is 26.3. The van der Waals surface area contributed by atoms with Crippen LogP contribution in [-0.2, 0) is 0 Å². The monoisotopic (exact) mass is 536 g/mol. The SMILES string of the molecule is Cc1cc2n3nc(cc3n1)C1CCCCN1C(=O)c1cc(Cl)ccc1OCC(C(F)(F)F)NCCN2C. The summed E-state index contributed by atoms with van der Waals surface area (Å²) >= 11 is 6.20. The molecule has 37 heavy (non-hydrogen) atoms. The summed E-state index contributed by atoms with van der Waals surface area (Å²) in [5.41, 5.74) is 2.22. The minimum absolute atomic E-state index is 0.0455. The summed E-state index contributed by atoms with van der Waals surface area (Å²) < 4.78 is 48.8. The van der Waals surface area contributed by atoms with Crippen molar-refractivity contribution >= 4 is 29.0 Å². The van der Waals surface area contributed by atoms with Crippen molar-refractivity contribution in [1.82, 2.24) is 24.8 Å². The Labute approximate surface area is 217 Å². The molecule has 1 N–H and O–H groups in total. The van der Waals surface area contributed by atoms with Gasteiger partial charge in [0.15, 0.2) is 5.65 Å². The first-order valence-electron chi connectivity index (χ1n) is 12.2. The number of likely N-dealkylation sites (N-methyl/N-ethyl adjacent to an activating group) is 1. The van der Waals surface area contributed by atoms with Crippen LogP contribution in [0.4, 0.5) is 19.0 Å². The van der Waals surface area contributed by atoms with Crippen LogP contribution < -0.4 is 15.0 Å². The number of hydrogen-bond donors (Lipinski definition) is 1.